The molecule has 1 heterocycles. The normalized spacial score (nSPS) is 16.6. The molecular weight excluding hydrogens is 355 g/mol. The van der Waals surface area contributed by atoms with E-state index in [1.807, 2.05) is 19.1 Å². The molecule has 0 saturated carbocycles. The minimum Gasteiger partial charge on any atom is -0.495 e. The molecule has 0 radical (unpaired) electrons. The summed E-state index contributed by atoms with van der Waals surface area (Å²) in [6.45, 7) is 4.18. The fourth-order valence-corrected chi connectivity index (χ4v) is 4.78. The molecule has 0 unspecified atom stereocenters. The van der Waals surface area contributed by atoms with E-state index in [9.17, 15) is 12.8 Å². The van der Waals surface area contributed by atoms with E-state index >= 15 is 0 Å². The minimum absolute atomic E-state index is 0.197. The van der Waals surface area contributed by atoms with Crippen LogP contribution in [0.4, 0.5) is 4.39 Å². The molecule has 0 bridgehead atoms. The van der Waals surface area contributed by atoms with Crippen molar-refractivity contribution in [1.82, 2.24) is 9.21 Å². The summed E-state index contributed by atoms with van der Waals surface area (Å²) in [4.78, 5) is 2.26. The van der Waals surface area contributed by atoms with Crippen molar-refractivity contribution in [2.75, 3.05) is 33.3 Å². The second-order valence-electron chi connectivity index (χ2n) is 6.43. The van der Waals surface area contributed by atoms with E-state index in [0.29, 0.717) is 44.0 Å². The third-order valence-electron chi connectivity index (χ3n) is 4.62. The number of benzene rings is 2. The van der Waals surface area contributed by atoms with Gasteiger partial charge >= 0.3 is 0 Å². The van der Waals surface area contributed by atoms with E-state index in [1.165, 1.54) is 17.5 Å². The Kier molecular flexibility index (Phi) is 5.60. The number of aryl methyl sites for hydroxylation is 1. The van der Waals surface area contributed by atoms with Crippen LogP contribution in [0.5, 0.6) is 5.75 Å². The summed E-state index contributed by atoms with van der Waals surface area (Å²) in [7, 11) is -2.16. The fraction of sp³-hybridized carbons (Fsp3) is 0.368. The maximum Gasteiger partial charge on any atom is 0.246 e. The van der Waals surface area contributed by atoms with E-state index in [4.69, 9.17) is 4.74 Å². The number of hydrogen-bond donors (Lipinski definition) is 0. The van der Waals surface area contributed by atoms with Gasteiger partial charge < -0.3 is 4.74 Å². The second-order valence-corrected chi connectivity index (χ2v) is 8.33. The maximum absolute atomic E-state index is 13.8. The quantitative estimate of drug-likeness (QED) is 0.803. The number of ether oxygens (including phenoxy) is 1. The molecule has 3 rings (SSSR count). The van der Waals surface area contributed by atoms with Crippen molar-refractivity contribution in [2.45, 2.75) is 18.4 Å². The first-order valence-electron chi connectivity index (χ1n) is 8.52. The van der Waals surface area contributed by atoms with Crippen molar-refractivity contribution in [1.29, 1.82) is 0 Å². The van der Waals surface area contributed by atoms with Crippen molar-refractivity contribution >= 4 is 10.0 Å². The van der Waals surface area contributed by atoms with Crippen molar-refractivity contribution < 1.29 is 17.5 Å². The molecule has 0 aliphatic carbocycles. The Balaban J connectivity index is 1.71. The molecule has 1 aliphatic heterocycles. The molecule has 1 fully saturated rings. The summed E-state index contributed by atoms with van der Waals surface area (Å²) in [6.07, 6.45) is 0. The third-order valence-corrected chi connectivity index (χ3v) is 6.54. The number of nitrogens with zero attached hydrogens (tertiary/aromatic N) is 2. The smallest absolute Gasteiger partial charge is 0.246 e. The van der Waals surface area contributed by atoms with Gasteiger partial charge in [0, 0.05) is 38.3 Å². The van der Waals surface area contributed by atoms with E-state index in [0.717, 1.165) is 5.56 Å². The summed E-state index contributed by atoms with van der Waals surface area (Å²) in [5.74, 6) is 0.122. The van der Waals surface area contributed by atoms with Gasteiger partial charge in [-0.25, -0.2) is 12.8 Å². The van der Waals surface area contributed by atoms with Crippen LogP contribution in [0.3, 0.4) is 0 Å². The molecule has 0 aromatic heterocycles. The molecule has 7 heteroatoms. The van der Waals surface area contributed by atoms with Crippen LogP contribution in [0, 0.1) is 12.7 Å². The van der Waals surface area contributed by atoms with Crippen LogP contribution >= 0.6 is 0 Å². The summed E-state index contributed by atoms with van der Waals surface area (Å²) >= 11 is 0. The summed E-state index contributed by atoms with van der Waals surface area (Å²) in [6, 6.07) is 11.8. The molecule has 2 aromatic carbocycles. The predicted octanol–water partition coefficient (Wildman–Crippen LogP) is 2.65. The first-order valence-corrected chi connectivity index (χ1v) is 9.96. The highest BCUT2D eigenvalue weighted by molar-refractivity contribution is 7.89. The van der Waals surface area contributed by atoms with E-state index in [-0.39, 0.29) is 10.7 Å². The van der Waals surface area contributed by atoms with Crippen LogP contribution in [-0.2, 0) is 16.6 Å². The van der Waals surface area contributed by atoms with Gasteiger partial charge in [-0.2, -0.15) is 4.31 Å². The lowest BCUT2D eigenvalue weighted by Gasteiger charge is -2.34. The Bertz CT molecular complexity index is 878. The largest absolute Gasteiger partial charge is 0.495 e. The van der Waals surface area contributed by atoms with Gasteiger partial charge in [0.25, 0.3) is 0 Å². The highest BCUT2D eigenvalue weighted by Gasteiger charge is 2.31. The summed E-state index contributed by atoms with van der Waals surface area (Å²) in [5.41, 5.74) is 1.49. The molecule has 5 nitrogen and oxygen atoms in total. The molecule has 1 aliphatic rings. The van der Waals surface area contributed by atoms with Crippen molar-refractivity contribution in [2.24, 2.45) is 0 Å². The number of halogens is 1. The highest BCUT2D eigenvalue weighted by atomic mass is 32.2. The number of methoxy groups -OCH3 is 1. The molecular formula is C19H23FN2O3S. The van der Waals surface area contributed by atoms with E-state index in [1.54, 1.807) is 24.3 Å². The zero-order chi connectivity index (χ0) is 18.7. The Hall–Kier alpha value is -1.96. The lowest BCUT2D eigenvalue weighted by Crippen LogP contribution is -2.48. The molecule has 0 N–H and O–H groups in total. The Morgan fingerprint density at radius 3 is 2.42 bits per heavy atom. The highest BCUT2D eigenvalue weighted by Crippen LogP contribution is 2.28. The Labute approximate surface area is 154 Å². The van der Waals surface area contributed by atoms with Crippen LogP contribution in [0.25, 0.3) is 0 Å². The molecule has 0 spiro atoms. The van der Waals surface area contributed by atoms with Gasteiger partial charge in [0.15, 0.2) is 0 Å². The van der Waals surface area contributed by atoms with Gasteiger partial charge in [0.1, 0.15) is 16.5 Å². The zero-order valence-corrected chi connectivity index (χ0v) is 15.8. The fourth-order valence-electron chi connectivity index (χ4n) is 3.12. The molecule has 1 saturated heterocycles. The molecule has 0 atom stereocenters. The molecule has 140 valence electrons. The SMILES string of the molecule is COc1ccc(C)cc1S(=O)(=O)N1CCN(Cc2ccccc2F)CC1. The Morgan fingerprint density at radius 1 is 1.08 bits per heavy atom. The average Bonchev–Trinajstić information content (AvgIpc) is 2.64. The van der Waals surface area contributed by atoms with Gasteiger partial charge in [-0.3, -0.25) is 4.90 Å². The lowest BCUT2D eigenvalue weighted by molar-refractivity contribution is 0.179. The number of hydrogen-bond acceptors (Lipinski definition) is 4. The van der Waals surface area contributed by atoms with Crippen molar-refractivity contribution in [3.63, 3.8) is 0 Å². The van der Waals surface area contributed by atoms with E-state index in [2.05, 4.69) is 4.90 Å². The number of sulfonamides is 1. The van der Waals surface area contributed by atoms with Crippen LogP contribution in [0.2, 0.25) is 0 Å². The molecule has 0 amide bonds. The van der Waals surface area contributed by atoms with Crippen LogP contribution in [0.15, 0.2) is 47.4 Å². The van der Waals surface area contributed by atoms with Gasteiger partial charge in [-0.15, -0.1) is 0 Å². The molecule has 26 heavy (non-hydrogen) atoms. The zero-order valence-electron chi connectivity index (χ0n) is 15.0. The van der Waals surface area contributed by atoms with Crippen LogP contribution in [-0.4, -0.2) is 50.9 Å². The first kappa shape index (κ1) is 18.8. The third kappa shape index (κ3) is 3.90. The maximum atomic E-state index is 13.8. The van der Waals surface area contributed by atoms with Gasteiger partial charge in [-0.05, 0) is 30.7 Å². The summed E-state index contributed by atoms with van der Waals surface area (Å²) < 4.78 is 46.5. The van der Waals surface area contributed by atoms with Crippen LogP contribution in [0.1, 0.15) is 11.1 Å². The lowest BCUT2D eigenvalue weighted by atomic mass is 10.2. The van der Waals surface area contributed by atoms with Gasteiger partial charge in [-0.1, -0.05) is 24.3 Å². The number of piperazine rings is 1. The minimum atomic E-state index is -3.62. The monoisotopic (exact) mass is 378 g/mol. The van der Waals surface area contributed by atoms with Gasteiger partial charge in [0.2, 0.25) is 10.0 Å². The predicted molar refractivity (Wildman–Crippen MR) is 98.2 cm³/mol. The van der Waals surface area contributed by atoms with Gasteiger partial charge in [0.05, 0.1) is 7.11 Å². The molecule has 2 aromatic rings. The van der Waals surface area contributed by atoms with Crippen LogP contribution < -0.4 is 4.74 Å². The van der Waals surface area contributed by atoms with Crippen molar-refractivity contribution in [3.05, 3.63) is 59.4 Å². The van der Waals surface area contributed by atoms with E-state index < -0.39 is 10.0 Å². The standard InChI is InChI=1S/C19H23FN2O3S/c1-15-7-8-18(25-2)19(13-15)26(23,24)22-11-9-21(10-12-22)14-16-5-3-4-6-17(16)20/h3-8,13H,9-12,14H2,1-2H3. The van der Waals surface area contributed by atoms with Crippen molar-refractivity contribution in [3.8, 4) is 5.75 Å². The second kappa shape index (κ2) is 7.73. The average molecular weight is 378 g/mol. The first-order chi connectivity index (χ1) is 12.4. The Morgan fingerprint density at radius 2 is 1.77 bits per heavy atom. The number of rotatable bonds is 5. The topological polar surface area (TPSA) is 49.9 Å². The summed E-state index contributed by atoms with van der Waals surface area (Å²) in [5, 5.41) is 0.